The Balaban J connectivity index is 1.67. The average molecular weight is 344 g/mol. The second kappa shape index (κ2) is 7.03. The number of aromatic nitrogens is 1. The molecule has 1 fully saturated rings. The van der Waals surface area contributed by atoms with Crippen molar-refractivity contribution >= 4 is 22.4 Å². The van der Waals surface area contributed by atoms with Crippen LogP contribution in [0.25, 0.3) is 11.3 Å². The number of amides is 1. The van der Waals surface area contributed by atoms with Gasteiger partial charge in [-0.1, -0.05) is 45.0 Å². The summed E-state index contributed by atoms with van der Waals surface area (Å²) in [7, 11) is 0. The lowest BCUT2D eigenvalue weighted by molar-refractivity contribution is -0.122. The molecule has 1 N–H and O–H groups in total. The van der Waals surface area contributed by atoms with Crippen LogP contribution >= 0.6 is 11.3 Å². The van der Waals surface area contributed by atoms with Gasteiger partial charge in [-0.15, -0.1) is 11.3 Å². The van der Waals surface area contributed by atoms with Crippen LogP contribution in [0.5, 0.6) is 0 Å². The first-order valence-electron chi connectivity index (χ1n) is 8.38. The third-order valence-corrected chi connectivity index (χ3v) is 5.13. The van der Waals surface area contributed by atoms with Crippen molar-refractivity contribution in [2.24, 2.45) is 5.92 Å². The quantitative estimate of drug-likeness (QED) is 0.893. The van der Waals surface area contributed by atoms with Crippen molar-refractivity contribution in [3.63, 3.8) is 0 Å². The van der Waals surface area contributed by atoms with Crippen molar-refractivity contribution < 1.29 is 9.53 Å². The third-order valence-electron chi connectivity index (χ3n) is 4.37. The molecular weight excluding hydrogens is 320 g/mol. The van der Waals surface area contributed by atoms with E-state index in [-0.39, 0.29) is 17.2 Å². The molecular formula is C19H24N2O2S. The number of hydrogen-bond donors (Lipinski definition) is 1. The molecule has 1 aromatic carbocycles. The van der Waals surface area contributed by atoms with E-state index in [9.17, 15) is 4.79 Å². The van der Waals surface area contributed by atoms with Gasteiger partial charge in [-0.25, -0.2) is 4.98 Å². The maximum atomic E-state index is 12.3. The molecule has 0 unspecified atom stereocenters. The molecule has 1 aromatic heterocycles. The number of nitrogens with one attached hydrogen (secondary N) is 1. The molecule has 24 heavy (non-hydrogen) atoms. The Kier molecular flexibility index (Phi) is 5.01. The Hall–Kier alpha value is -1.72. The Labute approximate surface area is 147 Å². The van der Waals surface area contributed by atoms with E-state index < -0.39 is 0 Å². The van der Waals surface area contributed by atoms with Gasteiger partial charge in [0.25, 0.3) is 0 Å². The number of anilines is 1. The van der Waals surface area contributed by atoms with Gasteiger partial charge < -0.3 is 10.1 Å². The van der Waals surface area contributed by atoms with Crippen LogP contribution < -0.4 is 5.32 Å². The summed E-state index contributed by atoms with van der Waals surface area (Å²) < 4.78 is 5.30. The molecule has 2 heterocycles. The van der Waals surface area contributed by atoms with Gasteiger partial charge in [0, 0.05) is 30.1 Å². The number of benzene rings is 1. The number of ether oxygens (including phenoxy) is 1. The Morgan fingerprint density at radius 1 is 1.21 bits per heavy atom. The zero-order chi connectivity index (χ0) is 17.2. The van der Waals surface area contributed by atoms with E-state index in [1.165, 1.54) is 16.9 Å². The first-order chi connectivity index (χ1) is 11.4. The number of thiazole rings is 1. The minimum absolute atomic E-state index is 0.0390. The summed E-state index contributed by atoms with van der Waals surface area (Å²) >= 11 is 1.47. The van der Waals surface area contributed by atoms with Crippen molar-refractivity contribution in [1.82, 2.24) is 4.98 Å². The highest BCUT2D eigenvalue weighted by Crippen LogP contribution is 2.29. The summed E-state index contributed by atoms with van der Waals surface area (Å²) in [4.78, 5) is 16.8. The van der Waals surface area contributed by atoms with Crippen LogP contribution in [-0.2, 0) is 14.9 Å². The Morgan fingerprint density at radius 2 is 1.88 bits per heavy atom. The van der Waals surface area contributed by atoms with E-state index in [1.807, 2.05) is 5.38 Å². The molecule has 1 saturated heterocycles. The zero-order valence-electron chi connectivity index (χ0n) is 14.5. The average Bonchev–Trinajstić information content (AvgIpc) is 3.03. The fraction of sp³-hybridized carbons (Fsp3) is 0.474. The minimum Gasteiger partial charge on any atom is -0.381 e. The second-order valence-corrected chi connectivity index (χ2v) is 8.10. The van der Waals surface area contributed by atoms with Crippen LogP contribution in [0, 0.1) is 5.92 Å². The first-order valence-corrected chi connectivity index (χ1v) is 9.26. The highest BCUT2D eigenvalue weighted by Gasteiger charge is 2.22. The Bertz CT molecular complexity index is 695. The third kappa shape index (κ3) is 4.02. The molecule has 1 aliphatic rings. The minimum atomic E-state index is 0.0390. The topological polar surface area (TPSA) is 51.2 Å². The van der Waals surface area contributed by atoms with Crippen LogP contribution in [0.3, 0.4) is 0 Å². The molecule has 0 spiro atoms. The lowest BCUT2D eigenvalue weighted by Crippen LogP contribution is -2.28. The van der Waals surface area contributed by atoms with Crippen molar-refractivity contribution in [2.75, 3.05) is 18.5 Å². The summed E-state index contributed by atoms with van der Waals surface area (Å²) in [6, 6.07) is 8.49. The molecule has 5 heteroatoms. The summed E-state index contributed by atoms with van der Waals surface area (Å²) in [5, 5.41) is 5.61. The number of carbonyl (C=O) groups is 1. The standard InChI is InChI=1S/C19H24N2O2S/c1-19(2,3)15-6-4-13(5-7-15)16-12-24-18(20-16)21-17(22)14-8-10-23-11-9-14/h4-7,12,14H,8-11H2,1-3H3,(H,20,21,22). The number of rotatable bonds is 3. The van der Waals surface area contributed by atoms with E-state index in [0.29, 0.717) is 18.3 Å². The van der Waals surface area contributed by atoms with E-state index in [2.05, 4.69) is 55.3 Å². The maximum absolute atomic E-state index is 12.3. The zero-order valence-corrected chi connectivity index (χ0v) is 15.3. The summed E-state index contributed by atoms with van der Waals surface area (Å²) in [6.07, 6.45) is 1.58. The van der Waals surface area contributed by atoms with Gasteiger partial charge in [0.2, 0.25) is 5.91 Å². The molecule has 1 amide bonds. The molecule has 0 bridgehead atoms. The van der Waals surface area contributed by atoms with Gasteiger partial charge in [0.1, 0.15) is 0 Å². The van der Waals surface area contributed by atoms with E-state index in [4.69, 9.17) is 4.74 Å². The van der Waals surface area contributed by atoms with E-state index in [0.717, 1.165) is 24.1 Å². The number of nitrogens with zero attached hydrogens (tertiary/aromatic N) is 1. The fourth-order valence-corrected chi connectivity index (χ4v) is 3.49. The molecule has 0 saturated carbocycles. The molecule has 0 aliphatic carbocycles. The van der Waals surface area contributed by atoms with Gasteiger partial charge in [-0.2, -0.15) is 0 Å². The normalized spacial score (nSPS) is 16.1. The number of carbonyl (C=O) groups excluding carboxylic acids is 1. The lowest BCUT2D eigenvalue weighted by Gasteiger charge is -2.20. The van der Waals surface area contributed by atoms with Crippen molar-refractivity contribution in [3.05, 3.63) is 35.2 Å². The van der Waals surface area contributed by atoms with Crippen LogP contribution in [0.4, 0.5) is 5.13 Å². The SMILES string of the molecule is CC(C)(C)c1ccc(-c2csc(NC(=O)C3CCOCC3)n2)cc1. The molecule has 128 valence electrons. The molecule has 2 aromatic rings. The lowest BCUT2D eigenvalue weighted by atomic mass is 9.86. The van der Waals surface area contributed by atoms with E-state index >= 15 is 0 Å². The van der Waals surface area contributed by atoms with Crippen LogP contribution in [0.2, 0.25) is 0 Å². The van der Waals surface area contributed by atoms with Crippen molar-refractivity contribution in [1.29, 1.82) is 0 Å². The van der Waals surface area contributed by atoms with Gasteiger partial charge in [-0.05, 0) is 23.8 Å². The molecule has 1 aliphatic heterocycles. The van der Waals surface area contributed by atoms with Crippen LogP contribution in [-0.4, -0.2) is 24.1 Å². The second-order valence-electron chi connectivity index (χ2n) is 7.24. The molecule has 4 nitrogen and oxygen atoms in total. The van der Waals surface area contributed by atoms with Crippen LogP contribution in [0.15, 0.2) is 29.6 Å². The summed E-state index contributed by atoms with van der Waals surface area (Å²) in [6.45, 7) is 7.95. The molecule has 3 rings (SSSR count). The van der Waals surface area contributed by atoms with Gasteiger partial charge in [-0.3, -0.25) is 4.79 Å². The smallest absolute Gasteiger partial charge is 0.229 e. The monoisotopic (exact) mass is 344 g/mol. The van der Waals surface area contributed by atoms with Gasteiger partial charge in [0.05, 0.1) is 5.69 Å². The largest absolute Gasteiger partial charge is 0.381 e. The predicted octanol–water partition coefficient (Wildman–Crippen LogP) is 4.47. The van der Waals surface area contributed by atoms with Gasteiger partial charge in [0.15, 0.2) is 5.13 Å². The molecule has 0 radical (unpaired) electrons. The summed E-state index contributed by atoms with van der Waals surface area (Å²) in [5.41, 5.74) is 3.42. The molecule has 0 atom stereocenters. The van der Waals surface area contributed by atoms with Crippen molar-refractivity contribution in [3.8, 4) is 11.3 Å². The maximum Gasteiger partial charge on any atom is 0.229 e. The Morgan fingerprint density at radius 3 is 2.50 bits per heavy atom. The highest BCUT2D eigenvalue weighted by molar-refractivity contribution is 7.14. The predicted molar refractivity (Wildman–Crippen MR) is 98.4 cm³/mol. The van der Waals surface area contributed by atoms with Crippen molar-refractivity contribution in [2.45, 2.75) is 39.0 Å². The van der Waals surface area contributed by atoms with Crippen LogP contribution in [0.1, 0.15) is 39.2 Å². The number of hydrogen-bond acceptors (Lipinski definition) is 4. The fourth-order valence-electron chi connectivity index (χ4n) is 2.77. The van der Waals surface area contributed by atoms with Gasteiger partial charge >= 0.3 is 0 Å². The highest BCUT2D eigenvalue weighted by atomic mass is 32.1. The first kappa shape index (κ1) is 17.1. The van der Waals surface area contributed by atoms with E-state index in [1.54, 1.807) is 0 Å². The summed E-state index contributed by atoms with van der Waals surface area (Å²) in [5.74, 6) is 0.0967.